The van der Waals surface area contributed by atoms with Crippen LogP contribution in [0.3, 0.4) is 0 Å². The number of carbonyl (C=O) groups excluding carboxylic acids is 2. The van der Waals surface area contributed by atoms with E-state index in [1.54, 1.807) is 0 Å². The van der Waals surface area contributed by atoms with E-state index in [4.69, 9.17) is 0 Å². The predicted octanol–water partition coefficient (Wildman–Crippen LogP) is 1.50. The summed E-state index contributed by atoms with van der Waals surface area (Å²) in [4.78, 5) is 24.2. The minimum Gasteiger partial charge on any atom is -0.275 e. The Balaban J connectivity index is 1.92. The molecule has 1 heterocycles. The van der Waals surface area contributed by atoms with Crippen LogP contribution in [0.15, 0.2) is 12.2 Å². The topological polar surface area (TPSA) is 37.4 Å². The molecule has 0 saturated heterocycles. The number of amides is 2. The molecule has 84 valence electrons. The van der Waals surface area contributed by atoms with Gasteiger partial charge in [0.2, 0.25) is 0 Å². The van der Waals surface area contributed by atoms with E-state index in [1.165, 1.54) is 17.1 Å². The standard InChI is InChI=1S/C13H15NO2/c15-12-8-9-13(16)14(12)10-11-6-4-2-1-3-5-7-11/h8-9,11H,2,4-7,10H2. The minimum atomic E-state index is -0.168. The molecule has 16 heavy (non-hydrogen) atoms. The molecule has 2 amide bonds. The van der Waals surface area contributed by atoms with Gasteiger partial charge < -0.3 is 0 Å². The van der Waals surface area contributed by atoms with Crippen molar-refractivity contribution >= 4 is 11.8 Å². The van der Waals surface area contributed by atoms with E-state index < -0.39 is 0 Å². The second-order valence-corrected chi connectivity index (χ2v) is 4.27. The normalized spacial score (nSPS) is 25.0. The van der Waals surface area contributed by atoms with E-state index in [0.29, 0.717) is 12.5 Å². The molecule has 1 aliphatic heterocycles. The van der Waals surface area contributed by atoms with Gasteiger partial charge in [-0.25, -0.2) is 0 Å². The Morgan fingerprint density at radius 2 is 1.81 bits per heavy atom. The lowest BCUT2D eigenvalue weighted by molar-refractivity contribution is -0.137. The van der Waals surface area contributed by atoms with Crippen LogP contribution in [0.2, 0.25) is 0 Å². The summed E-state index contributed by atoms with van der Waals surface area (Å²) >= 11 is 0. The van der Waals surface area contributed by atoms with E-state index in [-0.39, 0.29) is 11.8 Å². The highest BCUT2D eigenvalue weighted by molar-refractivity contribution is 6.12. The summed E-state index contributed by atoms with van der Waals surface area (Å²) in [7, 11) is 0. The van der Waals surface area contributed by atoms with Gasteiger partial charge in [-0.1, -0.05) is 0 Å². The Morgan fingerprint density at radius 1 is 1.12 bits per heavy atom. The van der Waals surface area contributed by atoms with Crippen LogP contribution in [0.5, 0.6) is 0 Å². The van der Waals surface area contributed by atoms with Gasteiger partial charge in [-0.05, 0) is 25.2 Å². The zero-order valence-electron chi connectivity index (χ0n) is 9.24. The van der Waals surface area contributed by atoms with Crippen molar-refractivity contribution < 1.29 is 9.59 Å². The van der Waals surface area contributed by atoms with Crippen LogP contribution in [0, 0.1) is 17.8 Å². The van der Waals surface area contributed by atoms with Crippen molar-refractivity contribution in [3.8, 4) is 11.8 Å². The molecule has 1 aliphatic carbocycles. The average Bonchev–Trinajstić information content (AvgIpc) is 2.53. The van der Waals surface area contributed by atoms with Crippen molar-refractivity contribution in [3.63, 3.8) is 0 Å². The highest BCUT2D eigenvalue weighted by Gasteiger charge is 2.26. The summed E-state index contributed by atoms with van der Waals surface area (Å²) in [6, 6.07) is 0. The van der Waals surface area contributed by atoms with Crippen molar-refractivity contribution in [1.82, 2.24) is 4.90 Å². The minimum absolute atomic E-state index is 0.168. The van der Waals surface area contributed by atoms with Crippen LogP contribution in [0.25, 0.3) is 0 Å². The van der Waals surface area contributed by atoms with Crippen LogP contribution in [0.4, 0.5) is 0 Å². The van der Waals surface area contributed by atoms with Crippen molar-refractivity contribution in [2.75, 3.05) is 6.54 Å². The van der Waals surface area contributed by atoms with Crippen molar-refractivity contribution in [1.29, 1.82) is 0 Å². The maximum absolute atomic E-state index is 11.4. The van der Waals surface area contributed by atoms with Crippen molar-refractivity contribution in [2.24, 2.45) is 5.92 Å². The molecule has 1 atom stereocenters. The average molecular weight is 217 g/mol. The molecule has 0 fully saturated rings. The van der Waals surface area contributed by atoms with Gasteiger partial charge in [0.25, 0.3) is 11.8 Å². The molecule has 1 unspecified atom stereocenters. The summed E-state index contributed by atoms with van der Waals surface area (Å²) in [5.41, 5.74) is 0. The molecule has 2 aliphatic rings. The first kappa shape index (κ1) is 10.9. The molecule has 0 radical (unpaired) electrons. The first-order chi connectivity index (χ1) is 7.77. The summed E-state index contributed by atoms with van der Waals surface area (Å²) in [5, 5.41) is 0. The molecule has 3 heteroatoms. The van der Waals surface area contributed by atoms with Gasteiger partial charge in [-0.15, -0.1) is 11.8 Å². The Hall–Kier alpha value is -1.56. The van der Waals surface area contributed by atoms with Crippen molar-refractivity contribution in [3.05, 3.63) is 12.2 Å². The van der Waals surface area contributed by atoms with Crippen molar-refractivity contribution in [2.45, 2.75) is 32.1 Å². The lowest BCUT2D eigenvalue weighted by Crippen LogP contribution is -2.34. The van der Waals surface area contributed by atoms with Crippen LogP contribution < -0.4 is 0 Å². The van der Waals surface area contributed by atoms with Crippen LogP contribution >= 0.6 is 0 Å². The van der Waals surface area contributed by atoms with Crippen LogP contribution in [-0.4, -0.2) is 23.3 Å². The zero-order chi connectivity index (χ0) is 11.4. The molecule has 2 rings (SSSR count). The van der Waals surface area contributed by atoms with Crippen LogP contribution in [0.1, 0.15) is 32.1 Å². The maximum atomic E-state index is 11.4. The third-order valence-corrected chi connectivity index (χ3v) is 3.06. The fourth-order valence-corrected chi connectivity index (χ4v) is 2.13. The molecule has 0 bridgehead atoms. The molecule has 0 aromatic carbocycles. The van der Waals surface area contributed by atoms with Gasteiger partial charge in [0.05, 0.1) is 0 Å². The molecule has 0 aromatic heterocycles. The number of carbonyl (C=O) groups is 2. The SMILES string of the molecule is O=C1C=CC(=O)N1CC1CCC#CCCC1. The van der Waals surface area contributed by atoms with Gasteiger partial charge in [-0.3, -0.25) is 14.5 Å². The predicted molar refractivity (Wildman–Crippen MR) is 60.2 cm³/mol. The third kappa shape index (κ3) is 2.52. The van der Waals surface area contributed by atoms with E-state index >= 15 is 0 Å². The lowest BCUT2D eigenvalue weighted by atomic mass is 9.94. The van der Waals surface area contributed by atoms with Gasteiger partial charge in [0, 0.05) is 31.5 Å². The molecule has 3 nitrogen and oxygen atoms in total. The van der Waals surface area contributed by atoms with E-state index in [1.807, 2.05) is 0 Å². The number of hydrogen-bond donors (Lipinski definition) is 0. The molecule has 0 spiro atoms. The lowest BCUT2D eigenvalue weighted by Gasteiger charge is -2.22. The molecule has 0 saturated carbocycles. The second-order valence-electron chi connectivity index (χ2n) is 4.27. The molecule has 0 aromatic rings. The van der Waals surface area contributed by atoms with Gasteiger partial charge in [0.15, 0.2) is 0 Å². The summed E-state index contributed by atoms with van der Waals surface area (Å²) < 4.78 is 0. The number of imide groups is 1. The fraction of sp³-hybridized carbons (Fsp3) is 0.538. The largest absolute Gasteiger partial charge is 0.275 e. The van der Waals surface area contributed by atoms with E-state index in [0.717, 1.165) is 32.1 Å². The monoisotopic (exact) mass is 217 g/mol. The summed E-state index contributed by atoms with van der Waals surface area (Å²) in [6.45, 7) is 0.562. The Bertz CT molecular complexity index is 368. The Morgan fingerprint density at radius 3 is 2.56 bits per heavy atom. The first-order valence-electron chi connectivity index (χ1n) is 5.76. The highest BCUT2D eigenvalue weighted by atomic mass is 16.2. The second kappa shape index (κ2) is 4.98. The zero-order valence-corrected chi connectivity index (χ0v) is 9.24. The van der Waals surface area contributed by atoms with E-state index in [9.17, 15) is 9.59 Å². The molecule has 0 N–H and O–H groups in total. The highest BCUT2D eigenvalue weighted by Crippen LogP contribution is 2.19. The van der Waals surface area contributed by atoms with E-state index in [2.05, 4.69) is 11.8 Å². The maximum Gasteiger partial charge on any atom is 0.253 e. The number of nitrogens with zero attached hydrogens (tertiary/aromatic N) is 1. The summed E-state index contributed by atoms with van der Waals surface area (Å²) in [6.07, 6.45) is 7.65. The number of rotatable bonds is 2. The third-order valence-electron chi connectivity index (χ3n) is 3.06. The Labute approximate surface area is 95.5 Å². The molecular formula is C13H15NO2. The van der Waals surface area contributed by atoms with Gasteiger partial charge in [0.1, 0.15) is 0 Å². The smallest absolute Gasteiger partial charge is 0.253 e. The number of hydrogen-bond acceptors (Lipinski definition) is 2. The van der Waals surface area contributed by atoms with Gasteiger partial charge >= 0.3 is 0 Å². The first-order valence-corrected chi connectivity index (χ1v) is 5.76. The molecular weight excluding hydrogens is 202 g/mol. The van der Waals surface area contributed by atoms with Crippen LogP contribution in [-0.2, 0) is 9.59 Å². The fourth-order valence-electron chi connectivity index (χ4n) is 2.13. The summed E-state index contributed by atoms with van der Waals surface area (Å²) in [5.74, 6) is 6.30. The Kier molecular flexibility index (Phi) is 3.40. The van der Waals surface area contributed by atoms with Gasteiger partial charge in [-0.2, -0.15) is 0 Å². The quantitative estimate of drug-likeness (QED) is 0.519.